The lowest BCUT2D eigenvalue weighted by Gasteiger charge is -2.32. The summed E-state index contributed by atoms with van der Waals surface area (Å²) in [6.07, 6.45) is 1.32. The molecule has 0 aliphatic carbocycles. The summed E-state index contributed by atoms with van der Waals surface area (Å²) in [6, 6.07) is 2.06. The first-order valence-corrected chi connectivity index (χ1v) is 9.10. The van der Waals surface area contributed by atoms with E-state index in [1.807, 2.05) is 16.8 Å². The first-order valence-electron chi connectivity index (χ1n) is 8.15. The fourth-order valence-corrected chi connectivity index (χ4v) is 3.36. The lowest BCUT2D eigenvalue weighted by Crippen LogP contribution is -2.48. The number of aliphatic imine (C=N–C) groups is 1. The molecule has 0 bridgehead atoms. The number of hydrogen-bond acceptors (Lipinski definition) is 5. The van der Waals surface area contributed by atoms with Gasteiger partial charge in [-0.05, 0) is 49.1 Å². The second-order valence-corrected chi connectivity index (χ2v) is 6.87. The number of amides is 1. The molecule has 7 nitrogen and oxygen atoms in total. The number of halogens is 1. The maximum Gasteiger partial charge on any atom is 0.409 e. The van der Waals surface area contributed by atoms with Gasteiger partial charge in [-0.1, -0.05) is 0 Å². The zero-order chi connectivity index (χ0) is 17.6. The van der Waals surface area contributed by atoms with Gasteiger partial charge in [0.05, 0.1) is 13.2 Å². The van der Waals surface area contributed by atoms with Crippen LogP contribution in [0.1, 0.15) is 32.3 Å². The van der Waals surface area contributed by atoms with E-state index in [-0.39, 0.29) is 42.7 Å². The van der Waals surface area contributed by atoms with Gasteiger partial charge in [0.2, 0.25) is 0 Å². The second-order valence-electron chi connectivity index (χ2n) is 6.09. The molecule has 25 heavy (non-hydrogen) atoms. The third-order valence-electron chi connectivity index (χ3n) is 4.07. The molecule has 1 amide bonds. The monoisotopic (exact) mass is 482 g/mol. The maximum atomic E-state index is 11.7. The Kier molecular flexibility index (Phi) is 8.94. The molecular weight excluding hydrogens is 455 g/mol. The quantitative estimate of drug-likeness (QED) is 0.339. The minimum atomic E-state index is -1.03. The molecule has 0 saturated carbocycles. The van der Waals surface area contributed by atoms with Crippen LogP contribution in [-0.2, 0) is 10.3 Å². The maximum absolute atomic E-state index is 11.7. The van der Waals surface area contributed by atoms with Crippen LogP contribution in [0.25, 0.3) is 0 Å². The summed E-state index contributed by atoms with van der Waals surface area (Å²) in [5.74, 6) is 0.320. The number of likely N-dealkylation sites (tertiary alicyclic amines) is 1. The number of rotatable bonds is 5. The number of nitrogens with one attached hydrogen (secondary N) is 1. The number of nitrogens with two attached hydrogens (primary N) is 1. The largest absolute Gasteiger partial charge is 0.450 e. The summed E-state index contributed by atoms with van der Waals surface area (Å²) in [5.41, 5.74) is 5.74. The molecule has 2 rings (SSSR count). The lowest BCUT2D eigenvalue weighted by atomic mass is 10.00. The Labute approximate surface area is 169 Å². The summed E-state index contributed by atoms with van der Waals surface area (Å²) in [5, 5.41) is 17.4. The summed E-state index contributed by atoms with van der Waals surface area (Å²) in [7, 11) is 0. The first-order chi connectivity index (χ1) is 11.4. The molecule has 0 spiro atoms. The molecule has 1 aromatic rings. The van der Waals surface area contributed by atoms with Crippen molar-refractivity contribution in [2.24, 2.45) is 10.7 Å². The van der Waals surface area contributed by atoms with Gasteiger partial charge in [-0.15, -0.1) is 24.0 Å². The smallest absolute Gasteiger partial charge is 0.409 e. The highest BCUT2D eigenvalue weighted by Gasteiger charge is 2.25. The van der Waals surface area contributed by atoms with E-state index in [0.29, 0.717) is 25.7 Å². The molecule has 1 unspecified atom stereocenters. The molecule has 4 N–H and O–H groups in total. The average molecular weight is 482 g/mol. The van der Waals surface area contributed by atoms with Crippen molar-refractivity contribution in [3.05, 3.63) is 22.4 Å². The SMILES string of the molecule is CCOC(=O)N1CCC(NC(N)=NCC(C)(O)c2ccsc2)CC1.I. The van der Waals surface area contributed by atoms with Crippen LogP contribution in [0.2, 0.25) is 0 Å². The van der Waals surface area contributed by atoms with E-state index in [9.17, 15) is 9.90 Å². The highest BCUT2D eigenvalue weighted by molar-refractivity contribution is 14.0. The first kappa shape index (κ1) is 22.0. The third-order valence-corrected chi connectivity index (χ3v) is 4.76. The highest BCUT2D eigenvalue weighted by atomic mass is 127. The Morgan fingerprint density at radius 3 is 2.80 bits per heavy atom. The van der Waals surface area contributed by atoms with Crippen molar-refractivity contribution in [3.8, 4) is 0 Å². The summed E-state index contributed by atoms with van der Waals surface area (Å²) < 4.78 is 5.00. The van der Waals surface area contributed by atoms with Crippen molar-refractivity contribution in [1.82, 2.24) is 10.2 Å². The van der Waals surface area contributed by atoms with Crippen molar-refractivity contribution in [1.29, 1.82) is 0 Å². The van der Waals surface area contributed by atoms with E-state index in [1.165, 1.54) is 11.3 Å². The van der Waals surface area contributed by atoms with Crippen LogP contribution in [0.15, 0.2) is 21.8 Å². The summed E-state index contributed by atoms with van der Waals surface area (Å²) in [4.78, 5) is 17.6. The number of guanidine groups is 1. The van der Waals surface area contributed by atoms with Crippen molar-refractivity contribution in [2.45, 2.75) is 38.3 Å². The zero-order valence-corrected chi connectivity index (χ0v) is 17.8. The standard InChI is InChI=1S/C16H26N4O3S.HI/c1-3-23-15(21)20-7-4-13(5-8-20)19-14(17)18-11-16(2,22)12-6-9-24-10-12;/h6,9-10,13,22H,3-5,7-8,11H2,1-2H3,(H3,17,18,19);1H. The summed E-state index contributed by atoms with van der Waals surface area (Å²) in [6.45, 7) is 5.38. The predicted octanol–water partition coefficient (Wildman–Crippen LogP) is 2.10. The fourth-order valence-electron chi connectivity index (χ4n) is 2.58. The van der Waals surface area contributed by atoms with Gasteiger partial charge in [-0.2, -0.15) is 11.3 Å². The highest BCUT2D eigenvalue weighted by Crippen LogP contribution is 2.23. The van der Waals surface area contributed by atoms with Crippen molar-refractivity contribution < 1.29 is 14.6 Å². The van der Waals surface area contributed by atoms with E-state index in [2.05, 4.69) is 10.3 Å². The van der Waals surface area contributed by atoms with Crippen molar-refractivity contribution >= 4 is 47.4 Å². The van der Waals surface area contributed by atoms with Crippen LogP contribution in [0.3, 0.4) is 0 Å². The molecule has 1 saturated heterocycles. The number of carbonyl (C=O) groups excluding carboxylic acids is 1. The number of ether oxygens (including phenoxy) is 1. The average Bonchev–Trinajstić information content (AvgIpc) is 3.09. The lowest BCUT2D eigenvalue weighted by molar-refractivity contribution is 0.0676. The molecule has 1 aromatic heterocycles. The number of nitrogens with zero attached hydrogens (tertiary/aromatic N) is 2. The molecule has 142 valence electrons. The van der Waals surface area contributed by atoms with Crippen LogP contribution in [0.5, 0.6) is 0 Å². The van der Waals surface area contributed by atoms with Crippen LogP contribution in [0.4, 0.5) is 4.79 Å². The van der Waals surface area contributed by atoms with Gasteiger partial charge in [0.1, 0.15) is 5.60 Å². The number of piperidine rings is 1. The predicted molar refractivity (Wildman–Crippen MR) is 111 cm³/mol. The Hall–Kier alpha value is -1.07. The number of thiophene rings is 1. The number of aliphatic hydroxyl groups is 1. The van der Waals surface area contributed by atoms with Crippen LogP contribution in [0, 0.1) is 0 Å². The van der Waals surface area contributed by atoms with Crippen molar-refractivity contribution in [3.63, 3.8) is 0 Å². The van der Waals surface area contributed by atoms with Gasteiger partial charge < -0.3 is 25.8 Å². The van der Waals surface area contributed by atoms with Gasteiger partial charge in [-0.25, -0.2) is 4.79 Å². The number of carbonyl (C=O) groups is 1. The van der Waals surface area contributed by atoms with Gasteiger partial charge in [0, 0.05) is 19.1 Å². The molecule has 1 fully saturated rings. The molecule has 1 aliphatic rings. The van der Waals surface area contributed by atoms with E-state index < -0.39 is 5.60 Å². The molecule has 2 heterocycles. The van der Waals surface area contributed by atoms with Gasteiger partial charge >= 0.3 is 6.09 Å². The van der Waals surface area contributed by atoms with Crippen LogP contribution in [-0.4, -0.2) is 54.3 Å². The summed E-state index contributed by atoms with van der Waals surface area (Å²) >= 11 is 1.54. The topological polar surface area (TPSA) is 100 Å². The minimum Gasteiger partial charge on any atom is -0.450 e. The van der Waals surface area contributed by atoms with E-state index >= 15 is 0 Å². The molecule has 1 aliphatic heterocycles. The zero-order valence-electron chi connectivity index (χ0n) is 14.6. The molecule has 0 radical (unpaired) electrons. The third kappa shape index (κ3) is 6.63. The van der Waals surface area contributed by atoms with E-state index in [0.717, 1.165) is 18.4 Å². The molecule has 0 aromatic carbocycles. The fraction of sp³-hybridized carbons (Fsp3) is 0.625. The van der Waals surface area contributed by atoms with Gasteiger partial charge in [-0.3, -0.25) is 4.99 Å². The van der Waals surface area contributed by atoms with Crippen molar-refractivity contribution in [2.75, 3.05) is 26.2 Å². The Morgan fingerprint density at radius 1 is 1.56 bits per heavy atom. The van der Waals surface area contributed by atoms with Gasteiger partial charge in [0.15, 0.2) is 5.96 Å². The Bertz CT molecular complexity index is 558. The van der Waals surface area contributed by atoms with E-state index in [4.69, 9.17) is 10.5 Å². The second kappa shape index (κ2) is 10.2. The molecular formula is C16H27IN4O3S. The molecule has 1 atom stereocenters. The normalized spacial score (nSPS) is 18.2. The minimum absolute atomic E-state index is 0. The van der Waals surface area contributed by atoms with Crippen LogP contribution < -0.4 is 11.1 Å². The number of hydrogen-bond donors (Lipinski definition) is 3. The Morgan fingerprint density at radius 2 is 2.24 bits per heavy atom. The molecule has 9 heteroatoms. The van der Waals surface area contributed by atoms with E-state index in [1.54, 1.807) is 18.7 Å². The van der Waals surface area contributed by atoms with Gasteiger partial charge in [0.25, 0.3) is 0 Å². The Balaban J connectivity index is 0.00000312. The van der Waals surface area contributed by atoms with Crippen LogP contribution >= 0.6 is 35.3 Å².